The van der Waals surface area contributed by atoms with Crippen LogP contribution in [0.2, 0.25) is 0 Å². The van der Waals surface area contributed by atoms with Gasteiger partial charge in [-0.3, -0.25) is 4.79 Å². The number of carboxylic acids is 1. The molecule has 0 spiro atoms. The largest absolute Gasteiger partial charge is 0.478 e. The highest BCUT2D eigenvalue weighted by Crippen LogP contribution is 2.33. The Morgan fingerprint density at radius 2 is 1.85 bits per heavy atom. The topological polar surface area (TPSA) is 75.4 Å². The SMILES string of the molecule is CC1=CCN(C(=O)c2ccc(-n3ncc(C(=O)O)c3C(F)(F)F)cc2)CC1. The van der Waals surface area contributed by atoms with Gasteiger partial charge < -0.3 is 10.0 Å². The minimum absolute atomic E-state index is 0.0146. The third-order valence-corrected chi connectivity index (χ3v) is 4.35. The van der Waals surface area contributed by atoms with E-state index in [9.17, 15) is 22.8 Å². The average molecular weight is 379 g/mol. The molecule has 0 saturated carbocycles. The highest BCUT2D eigenvalue weighted by atomic mass is 19.4. The van der Waals surface area contributed by atoms with E-state index in [2.05, 4.69) is 5.10 Å². The van der Waals surface area contributed by atoms with E-state index in [0.29, 0.717) is 29.5 Å². The second-order valence-electron chi connectivity index (χ2n) is 6.22. The highest BCUT2D eigenvalue weighted by Gasteiger charge is 2.40. The zero-order chi connectivity index (χ0) is 19.8. The molecular formula is C18H16F3N3O3. The van der Waals surface area contributed by atoms with E-state index in [1.165, 1.54) is 29.8 Å². The summed E-state index contributed by atoms with van der Waals surface area (Å²) in [6.07, 6.45) is -1.49. The molecule has 0 bridgehead atoms. The van der Waals surface area contributed by atoms with Gasteiger partial charge in [0.1, 0.15) is 5.56 Å². The van der Waals surface area contributed by atoms with Gasteiger partial charge in [-0.15, -0.1) is 0 Å². The normalized spacial score (nSPS) is 14.8. The van der Waals surface area contributed by atoms with Crippen LogP contribution in [0.5, 0.6) is 0 Å². The number of rotatable bonds is 3. The van der Waals surface area contributed by atoms with Crippen molar-refractivity contribution in [2.75, 3.05) is 13.1 Å². The maximum absolute atomic E-state index is 13.3. The molecule has 0 aliphatic carbocycles. The first-order chi connectivity index (χ1) is 12.7. The van der Waals surface area contributed by atoms with Gasteiger partial charge in [0, 0.05) is 18.7 Å². The lowest BCUT2D eigenvalue weighted by molar-refractivity contribution is -0.143. The Kier molecular flexibility index (Phi) is 4.77. The Balaban J connectivity index is 1.90. The minimum Gasteiger partial charge on any atom is -0.478 e. The third kappa shape index (κ3) is 3.71. The molecule has 1 aromatic carbocycles. The third-order valence-electron chi connectivity index (χ3n) is 4.35. The van der Waals surface area contributed by atoms with Crippen LogP contribution in [0.15, 0.2) is 42.1 Å². The van der Waals surface area contributed by atoms with Crippen molar-refractivity contribution in [2.45, 2.75) is 19.5 Å². The van der Waals surface area contributed by atoms with E-state index in [-0.39, 0.29) is 11.6 Å². The van der Waals surface area contributed by atoms with Gasteiger partial charge in [-0.05, 0) is 37.6 Å². The Hall–Kier alpha value is -3.10. The molecular weight excluding hydrogens is 363 g/mol. The Morgan fingerprint density at radius 3 is 2.37 bits per heavy atom. The van der Waals surface area contributed by atoms with Gasteiger partial charge in [-0.1, -0.05) is 11.6 Å². The van der Waals surface area contributed by atoms with Crippen LogP contribution in [0.4, 0.5) is 13.2 Å². The van der Waals surface area contributed by atoms with Crippen molar-refractivity contribution < 1.29 is 27.9 Å². The van der Waals surface area contributed by atoms with Crippen LogP contribution in [-0.4, -0.2) is 44.8 Å². The molecule has 2 aromatic rings. The zero-order valence-corrected chi connectivity index (χ0v) is 14.3. The molecule has 6 nitrogen and oxygen atoms in total. The maximum atomic E-state index is 13.3. The summed E-state index contributed by atoms with van der Waals surface area (Å²) in [6.45, 7) is 3.07. The number of amides is 1. The number of aromatic nitrogens is 2. The monoisotopic (exact) mass is 379 g/mol. The Morgan fingerprint density at radius 1 is 1.19 bits per heavy atom. The number of aromatic carboxylic acids is 1. The fourth-order valence-corrected chi connectivity index (χ4v) is 2.86. The molecule has 142 valence electrons. The fraction of sp³-hybridized carbons (Fsp3) is 0.278. The molecule has 1 amide bonds. The van der Waals surface area contributed by atoms with Gasteiger partial charge in [0.25, 0.3) is 5.91 Å². The van der Waals surface area contributed by atoms with Crippen molar-refractivity contribution in [2.24, 2.45) is 0 Å². The number of alkyl halides is 3. The first-order valence-electron chi connectivity index (χ1n) is 8.12. The summed E-state index contributed by atoms with van der Waals surface area (Å²) in [5, 5.41) is 12.5. The Bertz CT molecular complexity index is 914. The summed E-state index contributed by atoms with van der Waals surface area (Å²) in [4.78, 5) is 25.2. The van der Waals surface area contributed by atoms with Crippen molar-refractivity contribution in [3.8, 4) is 5.69 Å². The molecule has 2 heterocycles. The molecule has 1 N–H and O–H groups in total. The van der Waals surface area contributed by atoms with Crippen LogP contribution >= 0.6 is 0 Å². The average Bonchev–Trinajstić information content (AvgIpc) is 3.08. The van der Waals surface area contributed by atoms with Crippen LogP contribution in [0.25, 0.3) is 5.69 Å². The molecule has 3 rings (SSSR count). The number of hydrogen-bond donors (Lipinski definition) is 1. The summed E-state index contributed by atoms with van der Waals surface area (Å²) in [6, 6.07) is 5.44. The zero-order valence-electron chi connectivity index (χ0n) is 14.3. The summed E-state index contributed by atoms with van der Waals surface area (Å²) < 4.78 is 40.4. The number of carbonyl (C=O) groups is 2. The highest BCUT2D eigenvalue weighted by molar-refractivity contribution is 5.94. The van der Waals surface area contributed by atoms with Gasteiger partial charge in [-0.2, -0.15) is 18.3 Å². The van der Waals surface area contributed by atoms with E-state index in [1.807, 2.05) is 13.0 Å². The fourth-order valence-electron chi connectivity index (χ4n) is 2.86. The predicted molar refractivity (Wildman–Crippen MR) is 89.8 cm³/mol. The molecule has 0 radical (unpaired) electrons. The first kappa shape index (κ1) is 18.7. The lowest BCUT2D eigenvalue weighted by Crippen LogP contribution is -2.34. The van der Waals surface area contributed by atoms with Crippen LogP contribution in [-0.2, 0) is 6.18 Å². The van der Waals surface area contributed by atoms with Crippen molar-refractivity contribution in [1.29, 1.82) is 0 Å². The number of nitrogens with zero attached hydrogens (tertiary/aromatic N) is 3. The quantitative estimate of drug-likeness (QED) is 0.830. The minimum atomic E-state index is -4.89. The van der Waals surface area contributed by atoms with Crippen LogP contribution < -0.4 is 0 Å². The van der Waals surface area contributed by atoms with Crippen molar-refractivity contribution in [3.05, 3.63) is 58.9 Å². The first-order valence-corrected chi connectivity index (χ1v) is 8.12. The molecule has 1 aliphatic heterocycles. The van der Waals surface area contributed by atoms with E-state index in [4.69, 9.17) is 5.11 Å². The number of hydrogen-bond acceptors (Lipinski definition) is 3. The van der Waals surface area contributed by atoms with Gasteiger partial charge in [0.05, 0.1) is 11.9 Å². The molecule has 27 heavy (non-hydrogen) atoms. The van der Waals surface area contributed by atoms with E-state index in [1.54, 1.807) is 4.90 Å². The van der Waals surface area contributed by atoms with Gasteiger partial charge in [0.15, 0.2) is 5.69 Å². The van der Waals surface area contributed by atoms with Gasteiger partial charge in [-0.25, -0.2) is 9.48 Å². The van der Waals surface area contributed by atoms with Gasteiger partial charge in [0.2, 0.25) is 0 Å². The molecule has 0 fully saturated rings. The number of halogens is 3. The van der Waals surface area contributed by atoms with E-state index < -0.39 is 23.4 Å². The van der Waals surface area contributed by atoms with Crippen molar-refractivity contribution in [1.82, 2.24) is 14.7 Å². The lowest BCUT2D eigenvalue weighted by atomic mass is 10.1. The van der Waals surface area contributed by atoms with Crippen LogP contribution in [0.3, 0.4) is 0 Å². The van der Waals surface area contributed by atoms with E-state index >= 15 is 0 Å². The number of carbonyl (C=O) groups excluding carboxylic acids is 1. The van der Waals surface area contributed by atoms with E-state index in [0.717, 1.165) is 6.42 Å². The standard InChI is InChI=1S/C18H16F3N3O3/c1-11-6-8-23(9-7-11)16(25)12-2-4-13(5-3-12)24-15(18(19,20)21)14(10-22-24)17(26)27/h2-6,10H,7-9H2,1H3,(H,26,27). The predicted octanol–water partition coefficient (Wildman–Crippen LogP) is 3.38. The lowest BCUT2D eigenvalue weighted by Gasteiger charge is -2.25. The maximum Gasteiger partial charge on any atom is 0.434 e. The molecule has 1 aromatic heterocycles. The molecule has 0 saturated heterocycles. The summed E-state index contributed by atoms with van der Waals surface area (Å²) in [5.41, 5.74) is -0.738. The van der Waals surface area contributed by atoms with Crippen molar-refractivity contribution >= 4 is 11.9 Å². The number of carboxylic acid groups (broad SMARTS) is 1. The second kappa shape index (κ2) is 6.90. The smallest absolute Gasteiger partial charge is 0.434 e. The van der Waals surface area contributed by atoms with Gasteiger partial charge >= 0.3 is 12.1 Å². The van der Waals surface area contributed by atoms with Crippen LogP contribution in [0.1, 0.15) is 39.8 Å². The molecule has 1 aliphatic rings. The summed E-state index contributed by atoms with van der Waals surface area (Å²) in [5.74, 6) is -1.93. The summed E-state index contributed by atoms with van der Waals surface area (Å²) >= 11 is 0. The molecule has 0 unspecified atom stereocenters. The number of benzene rings is 1. The summed E-state index contributed by atoms with van der Waals surface area (Å²) in [7, 11) is 0. The Labute approximate surface area is 152 Å². The van der Waals surface area contributed by atoms with Crippen LogP contribution in [0, 0.1) is 0 Å². The van der Waals surface area contributed by atoms with Crippen molar-refractivity contribution in [3.63, 3.8) is 0 Å². The second-order valence-corrected chi connectivity index (χ2v) is 6.22. The molecule has 9 heteroatoms. The molecule has 0 atom stereocenters.